The van der Waals surface area contributed by atoms with E-state index in [2.05, 4.69) is 28.7 Å². The Morgan fingerprint density at radius 1 is 1.64 bits per heavy atom. The summed E-state index contributed by atoms with van der Waals surface area (Å²) in [5.74, 6) is 1.08. The first-order chi connectivity index (χ1) is 5.27. The summed E-state index contributed by atoms with van der Waals surface area (Å²) in [5, 5.41) is 3.30. The molecule has 0 aromatic carbocycles. The summed E-state index contributed by atoms with van der Waals surface area (Å²) in [6.07, 6.45) is 5.83. The average molecular weight is 149 g/mol. The number of allylic oxidation sites excluding steroid dienone is 1. The lowest BCUT2D eigenvalue weighted by molar-refractivity contribution is 0.588. The van der Waals surface area contributed by atoms with E-state index in [1.165, 1.54) is 5.70 Å². The molecule has 11 heavy (non-hydrogen) atoms. The van der Waals surface area contributed by atoms with Crippen LogP contribution >= 0.6 is 0 Å². The third-order valence-electron chi connectivity index (χ3n) is 1.86. The average Bonchev–Trinajstić information content (AvgIpc) is 2.34. The van der Waals surface area contributed by atoms with Gasteiger partial charge < -0.3 is 9.88 Å². The molecule has 3 nitrogen and oxygen atoms in total. The van der Waals surface area contributed by atoms with E-state index in [0.717, 1.165) is 5.82 Å². The van der Waals surface area contributed by atoms with Gasteiger partial charge in [-0.2, -0.15) is 0 Å². The second-order valence-corrected chi connectivity index (χ2v) is 2.87. The van der Waals surface area contributed by atoms with Crippen LogP contribution in [0, 0.1) is 0 Å². The lowest BCUT2D eigenvalue weighted by atomic mass is 10.2. The van der Waals surface area contributed by atoms with E-state index < -0.39 is 0 Å². The SMILES string of the molecule is CC1=Cn2ccnc2C(C)N1. The Hall–Kier alpha value is -1.25. The van der Waals surface area contributed by atoms with Crippen LogP contribution in [0.15, 0.2) is 18.1 Å². The van der Waals surface area contributed by atoms with Crippen LogP contribution in [0.4, 0.5) is 0 Å². The largest absolute Gasteiger partial charge is 0.378 e. The molecule has 58 valence electrons. The van der Waals surface area contributed by atoms with Crippen LogP contribution in [0.25, 0.3) is 6.20 Å². The predicted octanol–water partition coefficient (Wildman–Crippen LogP) is 1.37. The van der Waals surface area contributed by atoms with Gasteiger partial charge in [0.2, 0.25) is 0 Å². The van der Waals surface area contributed by atoms with E-state index in [-0.39, 0.29) is 0 Å². The molecule has 1 unspecified atom stereocenters. The number of imidazole rings is 1. The van der Waals surface area contributed by atoms with Crippen molar-refractivity contribution in [2.45, 2.75) is 19.9 Å². The minimum atomic E-state index is 0.329. The Bertz CT molecular complexity index is 298. The van der Waals surface area contributed by atoms with Crippen molar-refractivity contribution in [1.82, 2.24) is 14.9 Å². The minimum absolute atomic E-state index is 0.329. The van der Waals surface area contributed by atoms with Crippen molar-refractivity contribution in [2.24, 2.45) is 0 Å². The Kier molecular flexibility index (Phi) is 1.24. The summed E-state index contributed by atoms with van der Waals surface area (Å²) >= 11 is 0. The molecule has 2 rings (SSSR count). The summed E-state index contributed by atoms with van der Waals surface area (Å²) in [6.45, 7) is 4.16. The summed E-state index contributed by atoms with van der Waals surface area (Å²) in [4.78, 5) is 4.23. The van der Waals surface area contributed by atoms with Crippen molar-refractivity contribution in [3.8, 4) is 0 Å². The van der Waals surface area contributed by atoms with Crippen LogP contribution in [0.3, 0.4) is 0 Å². The highest BCUT2D eigenvalue weighted by Crippen LogP contribution is 2.17. The molecule has 0 saturated heterocycles. The van der Waals surface area contributed by atoms with Gasteiger partial charge in [-0.15, -0.1) is 0 Å². The molecule has 1 aromatic heterocycles. The van der Waals surface area contributed by atoms with Crippen molar-refractivity contribution < 1.29 is 0 Å². The van der Waals surface area contributed by atoms with Gasteiger partial charge in [0.05, 0.1) is 6.04 Å². The molecule has 1 aliphatic rings. The van der Waals surface area contributed by atoms with Crippen LogP contribution in [0.5, 0.6) is 0 Å². The summed E-state index contributed by atoms with van der Waals surface area (Å²) in [6, 6.07) is 0.329. The van der Waals surface area contributed by atoms with E-state index in [0.29, 0.717) is 6.04 Å². The van der Waals surface area contributed by atoms with Crippen molar-refractivity contribution in [3.05, 3.63) is 23.9 Å². The fourth-order valence-corrected chi connectivity index (χ4v) is 1.42. The van der Waals surface area contributed by atoms with Gasteiger partial charge in [0, 0.05) is 24.3 Å². The van der Waals surface area contributed by atoms with Crippen LogP contribution in [0.2, 0.25) is 0 Å². The molecule has 0 amide bonds. The molecular formula is C8H11N3. The zero-order valence-electron chi connectivity index (χ0n) is 6.70. The van der Waals surface area contributed by atoms with E-state index in [1.807, 2.05) is 18.6 Å². The number of hydrogen-bond acceptors (Lipinski definition) is 2. The third kappa shape index (κ3) is 0.926. The summed E-state index contributed by atoms with van der Waals surface area (Å²) in [7, 11) is 0. The number of nitrogens with one attached hydrogen (secondary N) is 1. The van der Waals surface area contributed by atoms with Gasteiger partial charge in [0.1, 0.15) is 5.82 Å². The Morgan fingerprint density at radius 3 is 3.27 bits per heavy atom. The number of hydrogen-bond donors (Lipinski definition) is 1. The van der Waals surface area contributed by atoms with Crippen molar-refractivity contribution in [3.63, 3.8) is 0 Å². The molecular weight excluding hydrogens is 138 g/mol. The fraction of sp³-hybridized carbons (Fsp3) is 0.375. The van der Waals surface area contributed by atoms with Crippen LogP contribution in [0.1, 0.15) is 25.7 Å². The smallest absolute Gasteiger partial charge is 0.135 e. The molecule has 0 bridgehead atoms. The zero-order valence-corrected chi connectivity index (χ0v) is 6.70. The van der Waals surface area contributed by atoms with Gasteiger partial charge in [-0.3, -0.25) is 0 Å². The molecule has 1 aromatic rings. The molecule has 0 saturated carbocycles. The topological polar surface area (TPSA) is 29.9 Å². The maximum atomic E-state index is 4.23. The number of nitrogens with zero attached hydrogens (tertiary/aromatic N) is 2. The highest BCUT2D eigenvalue weighted by molar-refractivity contribution is 5.34. The van der Waals surface area contributed by atoms with Crippen molar-refractivity contribution >= 4 is 6.20 Å². The number of aromatic nitrogens is 2. The van der Waals surface area contributed by atoms with E-state index >= 15 is 0 Å². The first-order valence-corrected chi connectivity index (χ1v) is 3.75. The predicted molar refractivity (Wildman–Crippen MR) is 43.7 cm³/mol. The van der Waals surface area contributed by atoms with Gasteiger partial charge in [0.15, 0.2) is 0 Å². The molecule has 0 spiro atoms. The van der Waals surface area contributed by atoms with E-state index in [4.69, 9.17) is 0 Å². The van der Waals surface area contributed by atoms with Crippen LogP contribution < -0.4 is 5.32 Å². The third-order valence-corrected chi connectivity index (χ3v) is 1.86. The molecule has 3 heteroatoms. The lowest BCUT2D eigenvalue weighted by Crippen LogP contribution is -2.23. The van der Waals surface area contributed by atoms with Gasteiger partial charge in [-0.25, -0.2) is 4.98 Å². The molecule has 1 aliphatic heterocycles. The quantitative estimate of drug-likeness (QED) is 0.603. The number of fused-ring (bicyclic) bond motifs is 1. The lowest BCUT2D eigenvalue weighted by Gasteiger charge is -2.20. The maximum Gasteiger partial charge on any atom is 0.135 e. The minimum Gasteiger partial charge on any atom is -0.378 e. The van der Waals surface area contributed by atoms with Gasteiger partial charge in [-0.1, -0.05) is 0 Å². The molecule has 1 N–H and O–H groups in total. The van der Waals surface area contributed by atoms with Crippen molar-refractivity contribution in [1.29, 1.82) is 0 Å². The van der Waals surface area contributed by atoms with Gasteiger partial charge in [0.25, 0.3) is 0 Å². The van der Waals surface area contributed by atoms with E-state index in [1.54, 1.807) is 0 Å². The normalized spacial score (nSPS) is 22.0. The highest BCUT2D eigenvalue weighted by atomic mass is 15.1. The van der Waals surface area contributed by atoms with Gasteiger partial charge in [-0.05, 0) is 13.8 Å². The Labute approximate surface area is 65.7 Å². The van der Waals surface area contributed by atoms with Crippen molar-refractivity contribution in [2.75, 3.05) is 0 Å². The zero-order chi connectivity index (χ0) is 7.84. The molecule has 0 aliphatic carbocycles. The van der Waals surface area contributed by atoms with Crippen LogP contribution in [-0.2, 0) is 0 Å². The summed E-state index contributed by atoms with van der Waals surface area (Å²) < 4.78 is 2.05. The summed E-state index contributed by atoms with van der Waals surface area (Å²) in [5.41, 5.74) is 1.18. The Balaban J connectivity index is 2.51. The molecule has 2 heterocycles. The van der Waals surface area contributed by atoms with Crippen LogP contribution in [-0.4, -0.2) is 9.55 Å². The second-order valence-electron chi connectivity index (χ2n) is 2.87. The fourth-order valence-electron chi connectivity index (χ4n) is 1.42. The monoisotopic (exact) mass is 149 g/mol. The Morgan fingerprint density at radius 2 is 2.45 bits per heavy atom. The second kappa shape index (κ2) is 2.12. The first kappa shape index (κ1) is 6.46. The van der Waals surface area contributed by atoms with Gasteiger partial charge >= 0.3 is 0 Å². The molecule has 0 fully saturated rings. The first-order valence-electron chi connectivity index (χ1n) is 3.75. The standard InChI is InChI=1S/C8H11N3/c1-6-5-11-4-3-9-8(11)7(2)10-6/h3-5,7,10H,1-2H3. The highest BCUT2D eigenvalue weighted by Gasteiger charge is 2.14. The maximum absolute atomic E-state index is 4.23. The van der Waals surface area contributed by atoms with E-state index in [9.17, 15) is 0 Å². The molecule has 0 radical (unpaired) electrons. The molecule has 1 atom stereocenters. The number of rotatable bonds is 0.